The number of aromatic nitrogens is 1. The maximum atomic E-state index is 13.5. The molecule has 5 rings (SSSR count). The van der Waals surface area contributed by atoms with Gasteiger partial charge >= 0.3 is 6.03 Å². The van der Waals surface area contributed by atoms with Crippen molar-refractivity contribution in [3.63, 3.8) is 0 Å². The van der Waals surface area contributed by atoms with Crippen LogP contribution in [0.2, 0.25) is 0 Å². The van der Waals surface area contributed by atoms with E-state index in [1.165, 1.54) is 0 Å². The third kappa shape index (κ3) is 4.63. The number of hydrogen-bond acceptors (Lipinski definition) is 5. The summed E-state index contributed by atoms with van der Waals surface area (Å²) in [5, 5.41) is 5.91. The minimum absolute atomic E-state index is 0.0471. The average molecular weight is 487 g/mol. The van der Waals surface area contributed by atoms with Crippen LogP contribution in [0.3, 0.4) is 0 Å². The molecule has 3 heterocycles. The predicted molar refractivity (Wildman–Crippen MR) is 135 cm³/mol. The van der Waals surface area contributed by atoms with Crippen LogP contribution in [0.4, 0.5) is 4.79 Å². The number of hydrogen-bond donors (Lipinski definition) is 2. The number of carbonyl (C=O) groups is 3. The number of rotatable bonds is 7. The number of nitrogens with zero attached hydrogens (tertiary/aromatic N) is 2. The first-order valence-corrected chi connectivity index (χ1v) is 12.3. The number of benzene rings is 2. The maximum absolute atomic E-state index is 13.5. The smallest absolute Gasteiger partial charge is 0.322 e. The van der Waals surface area contributed by atoms with Gasteiger partial charge in [0, 0.05) is 29.7 Å². The summed E-state index contributed by atoms with van der Waals surface area (Å²) in [6.07, 6.45) is 2.03. The van der Waals surface area contributed by atoms with Crippen molar-refractivity contribution < 1.29 is 19.1 Å². The van der Waals surface area contributed by atoms with Crippen LogP contribution in [0.5, 0.6) is 5.75 Å². The fraction of sp³-hybridized carbons (Fsp3) is 0.357. The standard InChI is InChI=1S/C28H30N4O4/c1-18-16-19(22-6-3-4-7-23(22)29-18)17-36-21-10-8-20(9-11-21)28(2)13-5-14-32(26(28)34)15-12-24-25(33)31-27(35)30-24/h3-4,6-11,16,24H,5,12-15,17H2,1-2H3,(H2,30,31,33,35). The molecule has 2 N–H and O–H groups in total. The van der Waals surface area contributed by atoms with Crippen molar-refractivity contribution in [3.8, 4) is 5.75 Å². The van der Waals surface area contributed by atoms with Gasteiger partial charge in [-0.15, -0.1) is 0 Å². The second-order valence-corrected chi connectivity index (χ2v) is 9.78. The summed E-state index contributed by atoms with van der Waals surface area (Å²) in [6, 6.07) is 16.8. The van der Waals surface area contributed by atoms with Crippen LogP contribution in [-0.4, -0.2) is 46.9 Å². The summed E-state index contributed by atoms with van der Waals surface area (Å²) in [4.78, 5) is 43.0. The lowest BCUT2D eigenvalue weighted by Crippen LogP contribution is -2.51. The van der Waals surface area contributed by atoms with Gasteiger partial charge in [-0.2, -0.15) is 0 Å². The van der Waals surface area contributed by atoms with E-state index >= 15 is 0 Å². The number of fused-ring (bicyclic) bond motifs is 1. The number of urea groups is 1. The van der Waals surface area contributed by atoms with Crippen molar-refractivity contribution in [1.82, 2.24) is 20.5 Å². The van der Waals surface area contributed by atoms with Gasteiger partial charge in [0.25, 0.3) is 5.91 Å². The van der Waals surface area contributed by atoms with Crippen LogP contribution in [0, 0.1) is 6.92 Å². The minimum Gasteiger partial charge on any atom is -0.489 e. The van der Waals surface area contributed by atoms with Gasteiger partial charge in [-0.1, -0.05) is 30.3 Å². The maximum Gasteiger partial charge on any atom is 0.322 e. The Morgan fingerprint density at radius 1 is 1.11 bits per heavy atom. The minimum atomic E-state index is -0.642. The number of pyridine rings is 1. The molecule has 3 aromatic rings. The van der Waals surface area contributed by atoms with E-state index in [2.05, 4.69) is 21.7 Å². The quantitative estimate of drug-likeness (QED) is 0.497. The number of imide groups is 1. The van der Waals surface area contributed by atoms with Crippen molar-refractivity contribution in [2.75, 3.05) is 13.1 Å². The van der Waals surface area contributed by atoms with Crippen LogP contribution in [-0.2, 0) is 21.6 Å². The molecule has 2 aromatic carbocycles. The molecule has 186 valence electrons. The van der Waals surface area contributed by atoms with Crippen molar-refractivity contribution in [1.29, 1.82) is 0 Å². The van der Waals surface area contributed by atoms with E-state index in [0.29, 0.717) is 26.1 Å². The molecular weight excluding hydrogens is 456 g/mol. The highest BCUT2D eigenvalue weighted by Crippen LogP contribution is 2.36. The molecule has 0 aliphatic carbocycles. The summed E-state index contributed by atoms with van der Waals surface area (Å²) in [5.74, 6) is 0.451. The Labute approximate surface area is 210 Å². The molecule has 2 aliphatic rings. The Kier molecular flexibility index (Phi) is 6.35. The lowest BCUT2D eigenvalue weighted by Gasteiger charge is -2.40. The number of nitrogens with one attached hydrogen (secondary N) is 2. The molecule has 2 aliphatic heterocycles. The normalized spacial score (nSPS) is 22.0. The number of likely N-dealkylation sites (tertiary alicyclic amines) is 1. The van der Waals surface area contributed by atoms with Crippen LogP contribution >= 0.6 is 0 Å². The topological polar surface area (TPSA) is 101 Å². The molecule has 0 saturated carbocycles. The molecular formula is C28H30N4O4. The molecule has 8 heteroatoms. The van der Waals surface area contributed by atoms with E-state index < -0.39 is 17.5 Å². The lowest BCUT2D eigenvalue weighted by molar-refractivity contribution is -0.140. The van der Waals surface area contributed by atoms with Gasteiger partial charge in [-0.3, -0.25) is 19.9 Å². The molecule has 2 unspecified atom stereocenters. The van der Waals surface area contributed by atoms with Gasteiger partial charge < -0.3 is 15.0 Å². The third-order valence-electron chi connectivity index (χ3n) is 7.23. The van der Waals surface area contributed by atoms with Gasteiger partial charge in [0.15, 0.2) is 0 Å². The molecule has 2 atom stereocenters. The van der Waals surface area contributed by atoms with Gasteiger partial charge in [0.2, 0.25) is 5.91 Å². The van der Waals surface area contributed by atoms with Crippen molar-refractivity contribution >= 4 is 28.7 Å². The zero-order chi connectivity index (χ0) is 25.3. The number of para-hydroxylation sites is 1. The second-order valence-electron chi connectivity index (χ2n) is 9.78. The fourth-order valence-electron chi connectivity index (χ4n) is 5.20. The second kappa shape index (κ2) is 9.60. The number of piperidine rings is 1. The zero-order valence-corrected chi connectivity index (χ0v) is 20.5. The Hall–Kier alpha value is -3.94. The summed E-state index contributed by atoms with van der Waals surface area (Å²) < 4.78 is 6.10. The van der Waals surface area contributed by atoms with E-state index in [9.17, 15) is 14.4 Å². The van der Waals surface area contributed by atoms with Gasteiger partial charge in [0.05, 0.1) is 10.9 Å². The van der Waals surface area contributed by atoms with E-state index in [1.54, 1.807) is 0 Å². The molecule has 8 nitrogen and oxygen atoms in total. The molecule has 1 aromatic heterocycles. The summed E-state index contributed by atoms with van der Waals surface area (Å²) in [6.45, 7) is 5.46. The highest BCUT2D eigenvalue weighted by Gasteiger charge is 2.41. The van der Waals surface area contributed by atoms with Gasteiger partial charge in [-0.25, -0.2) is 4.79 Å². The lowest BCUT2D eigenvalue weighted by atomic mass is 9.75. The molecule has 36 heavy (non-hydrogen) atoms. The van der Waals surface area contributed by atoms with Crippen LogP contribution < -0.4 is 15.4 Å². The number of amides is 4. The Balaban J connectivity index is 1.25. The number of ether oxygens (including phenoxy) is 1. The number of carbonyl (C=O) groups excluding carboxylic acids is 3. The monoisotopic (exact) mass is 486 g/mol. The summed E-state index contributed by atoms with van der Waals surface area (Å²) >= 11 is 0. The first-order chi connectivity index (χ1) is 17.3. The molecule has 0 bridgehead atoms. The van der Waals surface area contributed by atoms with Crippen molar-refractivity contribution in [2.24, 2.45) is 0 Å². The van der Waals surface area contributed by atoms with Crippen molar-refractivity contribution in [2.45, 2.75) is 51.2 Å². The largest absolute Gasteiger partial charge is 0.489 e. The van der Waals surface area contributed by atoms with E-state index in [0.717, 1.165) is 46.3 Å². The molecule has 0 radical (unpaired) electrons. The van der Waals surface area contributed by atoms with Gasteiger partial charge in [-0.05, 0) is 62.9 Å². The van der Waals surface area contributed by atoms with Crippen LogP contribution in [0.1, 0.15) is 43.0 Å². The van der Waals surface area contributed by atoms with E-state index in [4.69, 9.17) is 4.74 Å². The molecule has 0 spiro atoms. The predicted octanol–water partition coefficient (Wildman–Crippen LogP) is 3.60. The molecule has 4 amide bonds. The highest BCUT2D eigenvalue weighted by atomic mass is 16.5. The highest BCUT2D eigenvalue weighted by molar-refractivity contribution is 6.04. The molecule has 2 fully saturated rings. The average Bonchev–Trinajstić information content (AvgIpc) is 3.20. The van der Waals surface area contributed by atoms with Crippen molar-refractivity contribution in [3.05, 3.63) is 71.4 Å². The van der Waals surface area contributed by atoms with E-state index in [-0.39, 0.29) is 11.8 Å². The van der Waals surface area contributed by atoms with Crippen LogP contribution in [0.15, 0.2) is 54.6 Å². The summed E-state index contributed by atoms with van der Waals surface area (Å²) in [7, 11) is 0. The van der Waals surface area contributed by atoms with E-state index in [1.807, 2.05) is 67.3 Å². The number of aryl methyl sites for hydroxylation is 1. The zero-order valence-electron chi connectivity index (χ0n) is 20.5. The Morgan fingerprint density at radius 3 is 2.64 bits per heavy atom. The van der Waals surface area contributed by atoms with Crippen LogP contribution in [0.25, 0.3) is 10.9 Å². The first kappa shape index (κ1) is 23.8. The SMILES string of the molecule is Cc1cc(COc2ccc(C3(C)CCCN(CCC4NC(=O)NC4=O)C3=O)cc2)c2ccccc2n1. The first-order valence-electron chi connectivity index (χ1n) is 12.3. The summed E-state index contributed by atoms with van der Waals surface area (Å²) in [5.41, 5.74) is 3.29. The van der Waals surface area contributed by atoms with Gasteiger partial charge in [0.1, 0.15) is 18.4 Å². The Bertz CT molecular complexity index is 1320. The Morgan fingerprint density at radius 2 is 1.89 bits per heavy atom. The fourth-order valence-corrected chi connectivity index (χ4v) is 5.20. The third-order valence-corrected chi connectivity index (χ3v) is 7.23. The molecule has 2 saturated heterocycles.